The van der Waals surface area contributed by atoms with Gasteiger partial charge in [0.15, 0.2) is 0 Å². The molecule has 0 spiro atoms. The van der Waals surface area contributed by atoms with Crippen LogP contribution in [-0.4, -0.2) is 22.8 Å². The van der Waals surface area contributed by atoms with E-state index in [1.54, 1.807) is 0 Å². The molecule has 0 bridgehead atoms. The van der Waals surface area contributed by atoms with Crippen LogP contribution in [0, 0.1) is 0 Å². The Bertz CT molecular complexity index is 972. The van der Waals surface area contributed by atoms with Crippen molar-refractivity contribution >= 4 is 34.2 Å². The van der Waals surface area contributed by atoms with Crippen LogP contribution in [0.1, 0.15) is 30.0 Å². The van der Waals surface area contributed by atoms with Gasteiger partial charge < -0.3 is 4.57 Å². The molecule has 0 saturated carbocycles. The van der Waals surface area contributed by atoms with Gasteiger partial charge in [-0.2, -0.15) is 13.2 Å². The lowest BCUT2D eigenvalue weighted by atomic mass is 10.1. The summed E-state index contributed by atoms with van der Waals surface area (Å²) in [6.45, 7) is 2.04. The molecule has 1 unspecified atom stereocenters. The van der Waals surface area contributed by atoms with Crippen molar-refractivity contribution in [3.05, 3.63) is 63.4 Å². The topological polar surface area (TPSA) is 36.3 Å². The number of hydrogen-bond donors (Lipinski definition) is 0. The normalized spacial score (nSPS) is 13.2. The van der Waals surface area contributed by atoms with Gasteiger partial charge in [0.05, 0.1) is 28.2 Å². The first kappa shape index (κ1) is 20.9. The van der Waals surface area contributed by atoms with E-state index in [1.165, 1.54) is 23.8 Å². The van der Waals surface area contributed by atoms with E-state index in [2.05, 4.69) is 9.87 Å². The van der Waals surface area contributed by atoms with Gasteiger partial charge in [0, 0.05) is 6.54 Å². The van der Waals surface area contributed by atoms with Crippen molar-refractivity contribution in [2.75, 3.05) is 7.11 Å². The standard InChI is InChI=1S/C19H17Cl2F3N2O2/c1-11(28-27-2)13-5-3-12(4-6-13)10-26-17-8-15(21)14(20)7-16(17)25-18(26)9-19(22,23)24/h3-8,11H,9-10H2,1-2H3. The van der Waals surface area contributed by atoms with Crippen LogP contribution in [0.25, 0.3) is 11.0 Å². The monoisotopic (exact) mass is 432 g/mol. The highest BCUT2D eigenvalue weighted by Gasteiger charge is 2.31. The van der Waals surface area contributed by atoms with Gasteiger partial charge in [0.25, 0.3) is 0 Å². The van der Waals surface area contributed by atoms with Crippen molar-refractivity contribution in [1.82, 2.24) is 9.55 Å². The molecule has 0 saturated heterocycles. The van der Waals surface area contributed by atoms with Crippen LogP contribution in [0.3, 0.4) is 0 Å². The first-order valence-electron chi connectivity index (χ1n) is 8.37. The largest absolute Gasteiger partial charge is 0.396 e. The molecule has 1 heterocycles. The molecular formula is C19H17Cl2F3N2O2. The Morgan fingerprint density at radius 3 is 2.36 bits per heavy atom. The summed E-state index contributed by atoms with van der Waals surface area (Å²) in [7, 11) is 1.43. The Morgan fingerprint density at radius 1 is 1.11 bits per heavy atom. The van der Waals surface area contributed by atoms with E-state index < -0.39 is 12.6 Å². The second-order valence-electron chi connectivity index (χ2n) is 6.31. The summed E-state index contributed by atoms with van der Waals surface area (Å²) < 4.78 is 40.6. The van der Waals surface area contributed by atoms with E-state index in [0.29, 0.717) is 11.0 Å². The summed E-state index contributed by atoms with van der Waals surface area (Å²) in [6, 6.07) is 10.3. The number of nitrogens with zero attached hydrogens (tertiary/aromatic N) is 2. The molecule has 0 fully saturated rings. The maximum absolute atomic E-state index is 13.0. The molecule has 2 aromatic carbocycles. The van der Waals surface area contributed by atoms with Crippen molar-refractivity contribution in [3.8, 4) is 0 Å². The number of hydrogen-bond acceptors (Lipinski definition) is 3. The van der Waals surface area contributed by atoms with Crippen LogP contribution in [0.5, 0.6) is 0 Å². The fraction of sp³-hybridized carbons (Fsp3) is 0.316. The average Bonchev–Trinajstić information content (AvgIpc) is 2.91. The number of halogens is 5. The summed E-state index contributed by atoms with van der Waals surface area (Å²) in [4.78, 5) is 13.9. The molecular weight excluding hydrogens is 416 g/mol. The molecule has 1 atom stereocenters. The van der Waals surface area contributed by atoms with Crippen LogP contribution in [-0.2, 0) is 22.7 Å². The first-order valence-corrected chi connectivity index (χ1v) is 9.12. The summed E-state index contributed by atoms with van der Waals surface area (Å²) in [6.07, 6.45) is -5.80. The molecule has 150 valence electrons. The maximum atomic E-state index is 13.0. The number of alkyl halides is 3. The van der Waals surface area contributed by atoms with Crippen molar-refractivity contribution in [1.29, 1.82) is 0 Å². The molecule has 3 aromatic rings. The van der Waals surface area contributed by atoms with E-state index in [-0.39, 0.29) is 28.5 Å². The van der Waals surface area contributed by atoms with Crippen molar-refractivity contribution in [3.63, 3.8) is 0 Å². The number of benzene rings is 2. The second-order valence-corrected chi connectivity index (χ2v) is 7.12. The van der Waals surface area contributed by atoms with Gasteiger partial charge in [-0.05, 0) is 30.2 Å². The minimum atomic E-state index is -4.39. The lowest BCUT2D eigenvalue weighted by Crippen LogP contribution is -2.16. The van der Waals surface area contributed by atoms with Gasteiger partial charge in [0.2, 0.25) is 0 Å². The first-order chi connectivity index (χ1) is 13.2. The summed E-state index contributed by atoms with van der Waals surface area (Å²) in [5, 5.41) is 0.503. The molecule has 0 radical (unpaired) electrons. The third-order valence-electron chi connectivity index (χ3n) is 4.26. The van der Waals surface area contributed by atoms with Crippen LogP contribution >= 0.6 is 23.2 Å². The fourth-order valence-corrected chi connectivity index (χ4v) is 3.25. The molecule has 0 aliphatic carbocycles. The highest BCUT2D eigenvalue weighted by atomic mass is 35.5. The van der Waals surface area contributed by atoms with Crippen LogP contribution < -0.4 is 0 Å². The van der Waals surface area contributed by atoms with Gasteiger partial charge in [0.1, 0.15) is 18.3 Å². The van der Waals surface area contributed by atoms with E-state index >= 15 is 0 Å². The van der Waals surface area contributed by atoms with E-state index in [1.807, 2.05) is 31.2 Å². The van der Waals surface area contributed by atoms with Crippen molar-refractivity contribution in [2.24, 2.45) is 0 Å². The Kier molecular flexibility index (Phi) is 6.19. The highest BCUT2D eigenvalue weighted by molar-refractivity contribution is 6.42. The number of aromatic nitrogens is 2. The fourth-order valence-electron chi connectivity index (χ4n) is 2.94. The molecule has 0 amide bonds. The molecule has 28 heavy (non-hydrogen) atoms. The van der Waals surface area contributed by atoms with Gasteiger partial charge in [-0.3, -0.25) is 0 Å². The minimum Gasteiger partial charge on any atom is -0.323 e. The predicted octanol–water partition coefficient (Wildman–Crippen LogP) is 6.14. The van der Waals surface area contributed by atoms with Crippen LogP contribution in [0.2, 0.25) is 10.0 Å². The third kappa shape index (κ3) is 4.78. The zero-order valence-corrected chi connectivity index (χ0v) is 16.6. The Morgan fingerprint density at radius 2 is 1.75 bits per heavy atom. The molecule has 0 N–H and O–H groups in total. The Hall–Kier alpha value is -1.80. The Balaban J connectivity index is 1.98. The van der Waals surface area contributed by atoms with Crippen molar-refractivity contribution < 1.29 is 22.9 Å². The summed E-state index contributed by atoms with van der Waals surface area (Å²) >= 11 is 12.1. The molecule has 0 aliphatic rings. The second kappa shape index (κ2) is 8.29. The lowest BCUT2D eigenvalue weighted by molar-refractivity contribution is -0.303. The maximum Gasteiger partial charge on any atom is 0.396 e. The zero-order valence-electron chi connectivity index (χ0n) is 15.1. The van der Waals surface area contributed by atoms with Gasteiger partial charge >= 0.3 is 6.18 Å². The Labute approximate surface area is 169 Å². The molecule has 3 rings (SSSR count). The van der Waals surface area contributed by atoms with Crippen LogP contribution in [0.4, 0.5) is 13.2 Å². The minimum absolute atomic E-state index is 0.0963. The SMILES string of the molecule is COOC(C)c1ccc(Cn2c(CC(F)(F)F)nc3cc(Cl)c(Cl)cc32)cc1. The molecule has 4 nitrogen and oxygen atoms in total. The van der Waals surface area contributed by atoms with E-state index in [9.17, 15) is 13.2 Å². The quantitative estimate of drug-likeness (QED) is 0.346. The zero-order chi connectivity index (χ0) is 20.5. The number of fused-ring (bicyclic) bond motifs is 1. The molecule has 0 aliphatic heterocycles. The highest BCUT2D eigenvalue weighted by Crippen LogP contribution is 2.31. The van der Waals surface area contributed by atoms with Crippen molar-refractivity contribution in [2.45, 2.75) is 32.2 Å². The average molecular weight is 433 g/mol. The molecule has 1 aromatic heterocycles. The summed E-state index contributed by atoms with van der Waals surface area (Å²) in [5.74, 6) is -0.0963. The number of rotatable bonds is 6. The predicted molar refractivity (Wildman–Crippen MR) is 102 cm³/mol. The van der Waals surface area contributed by atoms with Crippen LogP contribution in [0.15, 0.2) is 36.4 Å². The molecule has 9 heteroatoms. The smallest absolute Gasteiger partial charge is 0.323 e. The van der Waals surface area contributed by atoms with Gasteiger partial charge in [-0.25, -0.2) is 14.8 Å². The lowest BCUT2D eigenvalue weighted by Gasteiger charge is -2.13. The summed E-state index contributed by atoms with van der Waals surface area (Å²) in [5.41, 5.74) is 2.55. The number of imidazole rings is 1. The van der Waals surface area contributed by atoms with Gasteiger partial charge in [-0.15, -0.1) is 0 Å². The van der Waals surface area contributed by atoms with E-state index in [0.717, 1.165) is 11.1 Å². The van der Waals surface area contributed by atoms with E-state index in [4.69, 9.17) is 28.1 Å². The third-order valence-corrected chi connectivity index (χ3v) is 4.98. The van der Waals surface area contributed by atoms with Gasteiger partial charge in [-0.1, -0.05) is 47.5 Å².